The van der Waals surface area contributed by atoms with Gasteiger partial charge in [0.1, 0.15) is 0 Å². The number of carbonyl (C=O) groups is 1. The molecule has 1 aromatic carbocycles. The number of aliphatic hydroxyl groups is 1. The highest BCUT2D eigenvalue weighted by molar-refractivity contribution is 5.93. The lowest BCUT2D eigenvalue weighted by Gasteiger charge is -2.49. The Kier molecular flexibility index (Phi) is 5.21. The molecule has 3 aromatic rings. The third-order valence-electron chi connectivity index (χ3n) is 6.30. The van der Waals surface area contributed by atoms with Gasteiger partial charge in [0.2, 0.25) is 0 Å². The van der Waals surface area contributed by atoms with Gasteiger partial charge in [-0.25, -0.2) is 0 Å². The lowest BCUT2D eigenvalue weighted by Crippen LogP contribution is -2.60. The molecule has 0 aliphatic carbocycles. The number of likely N-dealkylation sites (tertiary alicyclic amines) is 1. The van der Waals surface area contributed by atoms with Crippen LogP contribution in [0.2, 0.25) is 0 Å². The number of hydrogen-bond acceptors (Lipinski definition) is 6. The van der Waals surface area contributed by atoms with E-state index in [4.69, 9.17) is 4.52 Å². The molecule has 0 unspecified atom stereocenters. The topological polar surface area (TPSA) is 87.6 Å². The number of piperidine rings is 1. The summed E-state index contributed by atoms with van der Waals surface area (Å²) in [6.45, 7) is 2.66. The van der Waals surface area contributed by atoms with Gasteiger partial charge >= 0.3 is 0 Å². The van der Waals surface area contributed by atoms with E-state index in [1.54, 1.807) is 21.8 Å². The van der Waals surface area contributed by atoms with Crippen molar-refractivity contribution in [3.63, 3.8) is 0 Å². The average molecular weight is 409 g/mol. The van der Waals surface area contributed by atoms with Gasteiger partial charge in [-0.1, -0.05) is 35.5 Å². The zero-order valence-corrected chi connectivity index (χ0v) is 17.7. The van der Waals surface area contributed by atoms with Crippen molar-refractivity contribution in [1.29, 1.82) is 0 Å². The minimum atomic E-state index is -0.737. The molecule has 1 fully saturated rings. The molecule has 3 heterocycles. The summed E-state index contributed by atoms with van der Waals surface area (Å²) < 4.78 is 7.15. The first-order valence-electron chi connectivity index (χ1n) is 10.0. The second kappa shape index (κ2) is 7.70. The van der Waals surface area contributed by atoms with Crippen LogP contribution >= 0.6 is 0 Å². The highest BCUT2D eigenvalue weighted by Gasteiger charge is 2.46. The number of aryl methyl sites for hydroxylation is 1. The SMILES string of the molecule is Cc1c(-c2cc(C(=O)N3CC[C@@](c4ccccc4)(N(C)C)[C@H](O)C3)no2)cnn1C. The van der Waals surface area contributed by atoms with Crippen LogP contribution < -0.4 is 0 Å². The molecule has 158 valence electrons. The summed E-state index contributed by atoms with van der Waals surface area (Å²) in [5, 5.41) is 19.3. The van der Waals surface area contributed by atoms with Crippen LogP contribution in [0.15, 0.2) is 47.1 Å². The number of carbonyl (C=O) groups excluding carboxylic acids is 1. The minimum Gasteiger partial charge on any atom is -0.389 e. The lowest BCUT2D eigenvalue weighted by molar-refractivity contribution is -0.0613. The predicted octanol–water partition coefficient (Wildman–Crippen LogP) is 2.05. The van der Waals surface area contributed by atoms with Gasteiger partial charge in [-0.3, -0.25) is 14.4 Å². The fraction of sp³-hybridized carbons (Fsp3) is 0.409. The summed E-state index contributed by atoms with van der Waals surface area (Å²) in [6.07, 6.45) is 1.57. The number of rotatable bonds is 4. The monoisotopic (exact) mass is 409 g/mol. The van der Waals surface area contributed by atoms with Crippen LogP contribution in [0.1, 0.15) is 28.2 Å². The van der Waals surface area contributed by atoms with Crippen LogP contribution in [0.4, 0.5) is 0 Å². The summed E-state index contributed by atoms with van der Waals surface area (Å²) in [5.74, 6) is 0.263. The number of β-amino-alcohol motifs (C(OH)–C–C–N with tert-alkyl or cyclic N) is 1. The standard InChI is InChI=1S/C22H27N5O3/c1-15-17(13-23-26(15)4)19-12-18(24-30-19)21(29)27-11-10-22(25(2)3,20(28)14-27)16-8-6-5-7-9-16/h5-9,12-13,20,28H,10-11,14H2,1-4H3/t20-,22+/m1/s1. The first-order chi connectivity index (χ1) is 14.3. The summed E-state index contributed by atoms with van der Waals surface area (Å²) in [4.78, 5) is 16.8. The predicted molar refractivity (Wildman–Crippen MR) is 112 cm³/mol. The molecule has 8 nitrogen and oxygen atoms in total. The molecular formula is C22H27N5O3. The summed E-state index contributed by atoms with van der Waals surface area (Å²) >= 11 is 0. The van der Waals surface area contributed by atoms with E-state index in [1.807, 2.05) is 63.3 Å². The maximum Gasteiger partial charge on any atom is 0.276 e. The molecule has 2 atom stereocenters. The Morgan fingerprint density at radius 3 is 2.63 bits per heavy atom. The van der Waals surface area contributed by atoms with Crippen molar-refractivity contribution in [2.75, 3.05) is 27.2 Å². The molecule has 0 radical (unpaired) electrons. The zero-order valence-electron chi connectivity index (χ0n) is 17.7. The molecule has 0 spiro atoms. The molecule has 1 aliphatic rings. The first kappa shape index (κ1) is 20.3. The quantitative estimate of drug-likeness (QED) is 0.710. The molecule has 1 amide bonds. The van der Waals surface area contributed by atoms with Crippen molar-refractivity contribution in [1.82, 2.24) is 24.7 Å². The van der Waals surface area contributed by atoms with E-state index in [2.05, 4.69) is 10.3 Å². The van der Waals surface area contributed by atoms with Gasteiger partial charge in [0.15, 0.2) is 11.5 Å². The lowest BCUT2D eigenvalue weighted by atomic mass is 9.77. The zero-order chi connectivity index (χ0) is 21.5. The Hall–Kier alpha value is -2.97. The Morgan fingerprint density at radius 2 is 2.03 bits per heavy atom. The van der Waals surface area contributed by atoms with Crippen molar-refractivity contribution in [2.24, 2.45) is 7.05 Å². The van der Waals surface area contributed by atoms with Crippen LogP contribution in [-0.4, -0.2) is 69.0 Å². The number of benzene rings is 1. The molecule has 30 heavy (non-hydrogen) atoms. The van der Waals surface area contributed by atoms with Crippen LogP contribution in [0.25, 0.3) is 11.3 Å². The van der Waals surface area contributed by atoms with Crippen molar-refractivity contribution in [3.05, 3.63) is 59.5 Å². The Bertz CT molecular complexity index is 1040. The third-order valence-corrected chi connectivity index (χ3v) is 6.30. The Balaban J connectivity index is 1.55. The average Bonchev–Trinajstić information content (AvgIpc) is 3.35. The second-order valence-corrected chi connectivity index (χ2v) is 8.05. The normalized spacial score (nSPS) is 21.9. The second-order valence-electron chi connectivity index (χ2n) is 8.05. The van der Waals surface area contributed by atoms with Gasteiger partial charge in [-0.05, 0) is 33.0 Å². The number of aliphatic hydroxyl groups excluding tert-OH is 1. The van der Waals surface area contributed by atoms with Crippen molar-refractivity contribution in [2.45, 2.75) is 25.0 Å². The van der Waals surface area contributed by atoms with E-state index in [9.17, 15) is 9.90 Å². The molecular weight excluding hydrogens is 382 g/mol. The van der Waals surface area contributed by atoms with E-state index >= 15 is 0 Å². The highest BCUT2D eigenvalue weighted by atomic mass is 16.5. The number of hydrogen-bond donors (Lipinski definition) is 1. The van der Waals surface area contributed by atoms with Gasteiger partial charge in [-0.15, -0.1) is 0 Å². The van der Waals surface area contributed by atoms with Crippen LogP contribution in [0.3, 0.4) is 0 Å². The molecule has 1 N–H and O–H groups in total. The molecule has 0 saturated carbocycles. The molecule has 0 bridgehead atoms. The van der Waals surface area contributed by atoms with E-state index in [0.29, 0.717) is 18.7 Å². The van der Waals surface area contributed by atoms with Crippen molar-refractivity contribution >= 4 is 5.91 Å². The number of aromatic nitrogens is 3. The minimum absolute atomic E-state index is 0.222. The summed E-state index contributed by atoms with van der Waals surface area (Å²) in [7, 11) is 5.78. The van der Waals surface area contributed by atoms with E-state index in [0.717, 1.165) is 16.8 Å². The molecule has 4 rings (SSSR count). The smallest absolute Gasteiger partial charge is 0.276 e. The van der Waals surface area contributed by atoms with Gasteiger partial charge < -0.3 is 14.5 Å². The maximum absolute atomic E-state index is 13.1. The summed E-state index contributed by atoms with van der Waals surface area (Å²) in [5.41, 5.74) is 2.47. The third kappa shape index (κ3) is 3.22. The number of nitrogens with zero attached hydrogens (tertiary/aromatic N) is 5. The van der Waals surface area contributed by atoms with Gasteiger partial charge in [0, 0.05) is 31.9 Å². The highest BCUT2D eigenvalue weighted by Crippen LogP contribution is 2.38. The van der Waals surface area contributed by atoms with E-state index < -0.39 is 11.6 Å². The fourth-order valence-corrected chi connectivity index (χ4v) is 4.36. The van der Waals surface area contributed by atoms with Crippen LogP contribution in [0, 0.1) is 6.92 Å². The van der Waals surface area contributed by atoms with Gasteiger partial charge in [0.25, 0.3) is 5.91 Å². The van der Waals surface area contributed by atoms with E-state index in [1.165, 1.54) is 0 Å². The molecule has 1 saturated heterocycles. The fourth-order valence-electron chi connectivity index (χ4n) is 4.36. The summed E-state index contributed by atoms with van der Waals surface area (Å²) in [6, 6.07) is 11.6. The maximum atomic E-state index is 13.1. The van der Waals surface area contributed by atoms with Gasteiger partial charge in [-0.2, -0.15) is 5.10 Å². The van der Waals surface area contributed by atoms with Crippen LogP contribution in [0.5, 0.6) is 0 Å². The van der Waals surface area contributed by atoms with Gasteiger partial charge in [0.05, 0.1) is 23.4 Å². The van der Waals surface area contributed by atoms with Crippen molar-refractivity contribution < 1.29 is 14.4 Å². The number of amides is 1. The van der Waals surface area contributed by atoms with Crippen LogP contribution in [-0.2, 0) is 12.6 Å². The molecule has 8 heteroatoms. The Labute approximate surface area is 175 Å². The van der Waals surface area contributed by atoms with E-state index in [-0.39, 0.29) is 18.1 Å². The molecule has 2 aromatic heterocycles. The first-order valence-corrected chi connectivity index (χ1v) is 10.0. The number of likely N-dealkylation sites (N-methyl/N-ethyl adjacent to an activating group) is 1. The largest absolute Gasteiger partial charge is 0.389 e. The van der Waals surface area contributed by atoms with Crippen molar-refractivity contribution in [3.8, 4) is 11.3 Å². The Morgan fingerprint density at radius 1 is 1.30 bits per heavy atom. The molecule has 1 aliphatic heterocycles.